The molecular weight excluding hydrogens is 302 g/mol. The summed E-state index contributed by atoms with van der Waals surface area (Å²) in [5, 5.41) is 0. The summed E-state index contributed by atoms with van der Waals surface area (Å²) in [7, 11) is 1.89. The molecule has 6 heteroatoms. The standard InChI is InChI=1S/C18H17N5O/c1-13-3-4-14(22-9-13)7-18(24)17-8-15(5-6-21-17)23(2)16-10-19-12-20-11-16/h3-6,8-12H,7H2,1-2H3. The predicted molar refractivity (Wildman–Crippen MR) is 91.3 cm³/mol. The first kappa shape index (κ1) is 15.7. The molecule has 0 fully saturated rings. The molecule has 120 valence electrons. The molecule has 3 heterocycles. The van der Waals surface area contributed by atoms with Gasteiger partial charge in [0, 0.05) is 30.8 Å². The number of anilines is 2. The molecule has 0 aliphatic carbocycles. The molecule has 3 rings (SSSR count). The summed E-state index contributed by atoms with van der Waals surface area (Å²) >= 11 is 0. The summed E-state index contributed by atoms with van der Waals surface area (Å²) in [6, 6.07) is 7.42. The fraction of sp³-hybridized carbons (Fsp3) is 0.167. The Kier molecular flexibility index (Phi) is 4.56. The van der Waals surface area contributed by atoms with Crippen LogP contribution < -0.4 is 4.90 Å². The van der Waals surface area contributed by atoms with Gasteiger partial charge >= 0.3 is 0 Å². The second-order valence-corrected chi connectivity index (χ2v) is 5.48. The minimum absolute atomic E-state index is 0.0640. The predicted octanol–water partition coefficient (Wildman–Crippen LogP) is 2.77. The van der Waals surface area contributed by atoms with E-state index in [-0.39, 0.29) is 12.2 Å². The van der Waals surface area contributed by atoms with E-state index in [0.29, 0.717) is 5.69 Å². The number of carbonyl (C=O) groups excluding carboxylic acids is 1. The quantitative estimate of drug-likeness (QED) is 0.673. The Labute approximate surface area is 140 Å². The molecule has 0 atom stereocenters. The third-order valence-corrected chi connectivity index (χ3v) is 3.67. The number of aryl methyl sites for hydroxylation is 1. The molecule has 0 aliphatic heterocycles. The van der Waals surface area contributed by atoms with Crippen molar-refractivity contribution in [3.63, 3.8) is 0 Å². The average Bonchev–Trinajstić information content (AvgIpc) is 2.64. The highest BCUT2D eigenvalue weighted by Crippen LogP contribution is 2.22. The van der Waals surface area contributed by atoms with Gasteiger partial charge in [0.2, 0.25) is 0 Å². The van der Waals surface area contributed by atoms with Crippen molar-refractivity contribution in [3.8, 4) is 0 Å². The third-order valence-electron chi connectivity index (χ3n) is 3.67. The molecule has 0 saturated carbocycles. The highest BCUT2D eigenvalue weighted by atomic mass is 16.1. The number of ketones is 1. The molecule has 24 heavy (non-hydrogen) atoms. The average molecular weight is 319 g/mol. The highest BCUT2D eigenvalue weighted by Gasteiger charge is 2.12. The number of carbonyl (C=O) groups is 1. The second-order valence-electron chi connectivity index (χ2n) is 5.48. The number of pyridine rings is 2. The van der Waals surface area contributed by atoms with Crippen LogP contribution in [0.5, 0.6) is 0 Å². The van der Waals surface area contributed by atoms with Crippen molar-refractivity contribution in [2.75, 3.05) is 11.9 Å². The molecule has 0 N–H and O–H groups in total. The molecule has 0 aromatic carbocycles. The van der Waals surface area contributed by atoms with E-state index >= 15 is 0 Å². The molecule has 3 aromatic rings. The van der Waals surface area contributed by atoms with Crippen LogP contribution in [-0.4, -0.2) is 32.8 Å². The van der Waals surface area contributed by atoms with Crippen LogP contribution in [0.15, 0.2) is 55.4 Å². The zero-order valence-electron chi connectivity index (χ0n) is 13.5. The molecule has 0 unspecified atom stereocenters. The minimum Gasteiger partial charge on any atom is -0.342 e. The van der Waals surface area contributed by atoms with E-state index in [4.69, 9.17) is 0 Å². The Morgan fingerprint density at radius 1 is 1.04 bits per heavy atom. The lowest BCUT2D eigenvalue weighted by atomic mass is 10.1. The van der Waals surface area contributed by atoms with E-state index in [1.54, 1.807) is 30.9 Å². The van der Waals surface area contributed by atoms with Gasteiger partial charge in [-0.1, -0.05) is 6.07 Å². The van der Waals surface area contributed by atoms with Crippen molar-refractivity contribution in [2.45, 2.75) is 13.3 Å². The summed E-state index contributed by atoms with van der Waals surface area (Å²) in [6.45, 7) is 1.97. The van der Waals surface area contributed by atoms with Crippen LogP contribution in [0.3, 0.4) is 0 Å². The van der Waals surface area contributed by atoms with Crippen LogP contribution in [0.4, 0.5) is 11.4 Å². The van der Waals surface area contributed by atoms with Gasteiger partial charge in [0.1, 0.15) is 12.0 Å². The summed E-state index contributed by atoms with van der Waals surface area (Å²) in [5.41, 5.74) is 3.90. The normalized spacial score (nSPS) is 10.4. The Morgan fingerprint density at radius 3 is 2.54 bits per heavy atom. The molecule has 0 radical (unpaired) electrons. The SMILES string of the molecule is Cc1ccc(CC(=O)c2cc(N(C)c3cncnc3)ccn2)nc1. The van der Waals surface area contributed by atoms with Crippen molar-refractivity contribution in [1.29, 1.82) is 0 Å². The summed E-state index contributed by atoms with van der Waals surface area (Å²) in [4.78, 5) is 30.9. The van der Waals surface area contributed by atoms with Crippen LogP contribution in [-0.2, 0) is 6.42 Å². The maximum atomic E-state index is 12.5. The van der Waals surface area contributed by atoms with Crippen LogP contribution >= 0.6 is 0 Å². The first-order valence-corrected chi connectivity index (χ1v) is 7.53. The summed E-state index contributed by atoms with van der Waals surface area (Å²) in [6.07, 6.45) is 8.53. The van der Waals surface area contributed by atoms with Crippen molar-refractivity contribution < 1.29 is 4.79 Å². The van der Waals surface area contributed by atoms with Gasteiger partial charge in [-0.25, -0.2) is 9.97 Å². The zero-order chi connectivity index (χ0) is 16.9. The molecule has 0 amide bonds. The van der Waals surface area contributed by atoms with Crippen molar-refractivity contribution in [2.24, 2.45) is 0 Å². The zero-order valence-corrected chi connectivity index (χ0v) is 13.5. The fourth-order valence-corrected chi connectivity index (χ4v) is 2.25. The molecule has 0 spiro atoms. The van der Waals surface area contributed by atoms with Crippen molar-refractivity contribution >= 4 is 17.2 Å². The minimum atomic E-state index is -0.0640. The summed E-state index contributed by atoms with van der Waals surface area (Å²) in [5.74, 6) is -0.0640. The van der Waals surface area contributed by atoms with E-state index in [1.807, 2.05) is 37.1 Å². The Hall–Kier alpha value is -3.15. The molecule has 6 nitrogen and oxygen atoms in total. The molecule has 0 saturated heterocycles. The van der Waals surface area contributed by atoms with Crippen molar-refractivity contribution in [1.82, 2.24) is 19.9 Å². The van der Waals surface area contributed by atoms with Gasteiger partial charge in [0.05, 0.1) is 24.5 Å². The highest BCUT2D eigenvalue weighted by molar-refractivity contribution is 5.96. The van der Waals surface area contributed by atoms with E-state index in [2.05, 4.69) is 19.9 Å². The molecule has 0 bridgehead atoms. The van der Waals surface area contributed by atoms with Gasteiger partial charge in [-0.2, -0.15) is 0 Å². The van der Waals surface area contributed by atoms with E-state index in [0.717, 1.165) is 22.6 Å². The number of nitrogens with zero attached hydrogens (tertiary/aromatic N) is 5. The molecular formula is C18H17N5O. The first-order chi connectivity index (χ1) is 11.6. The van der Waals surface area contributed by atoms with Gasteiger partial charge in [0.15, 0.2) is 5.78 Å². The van der Waals surface area contributed by atoms with Crippen LogP contribution in [0.1, 0.15) is 21.7 Å². The lowest BCUT2D eigenvalue weighted by Gasteiger charge is -2.18. The van der Waals surface area contributed by atoms with Crippen molar-refractivity contribution in [3.05, 3.63) is 72.3 Å². The number of Topliss-reactive ketones (excluding diaryl/α,β-unsaturated/α-hetero) is 1. The van der Waals surface area contributed by atoms with E-state index in [9.17, 15) is 4.79 Å². The number of hydrogen-bond acceptors (Lipinski definition) is 6. The Balaban J connectivity index is 1.79. The second kappa shape index (κ2) is 6.95. The van der Waals surface area contributed by atoms with Gasteiger partial charge < -0.3 is 4.90 Å². The summed E-state index contributed by atoms with van der Waals surface area (Å²) < 4.78 is 0. The monoisotopic (exact) mass is 319 g/mol. The van der Waals surface area contributed by atoms with Crippen LogP contribution in [0.2, 0.25) is 0 Å². The van der Waals surface area contributed by atoms with E-state index < -0.39 is 0 Å². The van der Waals surface area contributed by atoms with Crippen LogP contribution in [0, 0.1) is 6.92 Å². The Bertz CT molecular complexity index is 834. The maximum absolute atomic E-state index is 12.5. The third kappa shape index (κ3) is 3.60. The number of rotatable bonds is 5. The van der Waals surface area contributed by atoms with E-state index in [1.165, 1.54) is 6.33 Å². The smallest absolute Gasteiger partial charge is 0.187 e. The topological polar surface area (TPSA) is 71.9 Å². The maximum Gasteiger partial charge on any atom is 0.187 e. The Morgan fingerprint density at radius 2 is 1.83 bits per heavy atom. The molecule has 3 aromatic heterocycles. The van der Waals surface area contributed by atoms with Gasteiger partial charge in [-0.3, -0.25) is 14.8 Å². The fourth-order valence-electron chi connectivity index (χ4n) is 2.25. The largest absolute Gasteiger partial charge is 0.342 e. The molecule has 0 aliphatic rings. The van der Waals surface area contributed by atoms with Gasteiger partial charge in [-0.15, -0.1) is 0 Å². The van der Waals surface area contributed by atoms with Gasteiger partial charge in [0.25, 0.3) is 0 Å². The van der Waals surface area contributed by atoms with Crippen LogP contribution in [0.25, 0.3) is 0 Å². The number of hydrogen-bond donors (Lipinski definition) is 0. The number of aromatic nitrogens is 4. The van der Waals surface area contributed by atoms with Gasteiger partial charge in [-0.05, 0) is 30.7 Å². The first-order valence-electron chi connectivity index (χ1n) is 7.53. The lowest BCUT2D eigenvalue weighted by Crippen LogP contribution is -2.13. The lowest BCUT2D eigenvalue weighted by molar-refractivity contribution is 0.0987.